The quantitative estimate of drug-likeness (QED) is 0.818. The number of anilines is 1. The van der Waals surface area contributed by atoms with E-state index in [1.807, 2.05) is 19.9 Å². The van der Waals surface area contributed by atoms with Crippen molar-refractivity contribution in [2.24, 2.45) is 0 Å². The summed E-state index contributed by atoms with van der Waals surface area (Å²) < 4.78 is 0. The van der Waals surface area contributed by atoms with Gasteiger partial charge in [0.1, 0.15) is 0 Å². The molecule has 0 unspecified atom stereocenters. The lowest BCUT2D eigenvalue weighted by Crippen LogP contribution is -2.38. The molecule has 1 fully saturated rings. The minimum Gasteiger partial charge on any atom is -0.375 e. The second-order valence-electron chi connectivity index (χ2n) is 6.05. The number of amides is 1. The molecule has 4 heteroatoms. The summed E-state index contributed by atoms with van der Waals surface area (Å²) in [5, 5.41) is 6.98. The Morgan fingerprint density at radius 3 is 2.48 bits per heavy atom. The van der Waals surface area contributed by atoms with Gasteiger partial charge in [-0.25, -0.2) is 0 Å². The molecule has 2 N–H and O–H groups in total. The van der Waals surface area contributed by atoms with Gasteiger partial charge in [-0.2, -0.15) is 0 Å². The molecule has 3 nitrogen and oxygen atoms in total. The molecule has 0 atom stereocenters. The topological polar surface area (TPSA) is 41.1 Å². The van der Waals surface area contributed by atoms with Crippen LogP contribution in [-0.2, 0) is 4.79 Å². The van der Waals surface area contributed by atoms with Gasteiger partial charge in [0.25, 0.3) is 0 Å². The Morgan fingerprint density at radius 2 is 1.86 bits per heavy atom. The van der Waals surface area contributed by atoms with Crippen LogP contribution in [-0.4, -0.2) is 18.5 Å². The van der Waals surface area contributed by atoms with E-state index in [2.05, 4.69) is 16.7 Å². The highest BCUT2D eigenvalue weighted by Gasteiger charge is 2.15. The standard InChI is InChI=1S/C17H25ClN2O/c1-12-9-13(2)17(15(18)10-12)19-11-16(21)20-14-7-5-3-4-6-8-14/h9-10,14,19H,3-8,11H2,1-2H3,(H,20,21). The van der Waals surface area contributed by atoms with Gasteiger partial charge in [-0.1, -0.05) is 43.4 Å². The lowest BCUT2D eigenvalue weighted by atomic mass is 10.1. The summed E-state index contributed by atoms with van der Waals surface area (Å²) in [5.74, 6) is 0.0536. The molecular weight excluding hydrogens is 284 g/mol. The van der Waals surface area contributed by atoms with Crippen molar-refractivity contribution in [3.8, 4) is 0 Å². The molecule has 2 rings (SSSR count). The van der Waals surface area contributed by atoms with Gasteiger partial charge in [-0.05, 0) is 43.9 Å². The maximum Gasteiger partial charge on any atom is 0.239 e. The van der Waals surface area contributed by atoms with Crippen molar-refractivity contribution in [2.45, 2.75) is 58.4 Å². The SMILES string of the molecule is Cc1cc(C)c(NCC(=O)NC2CCCCCC2)c(Cl)c1. The molecule has 0 aliphatic heterocycles. The van der Waals surface area contributed by atoms with Gasteiger partial charge in [0.05, 0.1) is 17.3 Å². The van der Waals surface area contributed by atoms with E-state index < -0.39 is 0 Å². The number of hydrogen-bond donors (Lipinski definition) is 2. The van der Waals surface area contributed by atoms with Crippen LogP contribution in [0.5, 0.6) is 0 Å². The number of benzene rings is 1. The van der Waals surface area contributed by atoms with E-state index in [4.69, 9.17) is 11.6 Å². The molecular formula is C17H25ClN2O. The summed E-state index contributed by atoms with van der Waals surface area (Å²) in [6, 6.07) is 4.33. The van der Waals surface area contributed by atoms with Crippen molar-refractivity contribution >= 4 is 23.2 Å². The highest BCUT2D eigenvalue weighted by atomic mass is 35.5. The first-order valence-electron chi connectivity index (χ1n) is 7.86. The highest BCUT2D eigenvalue weighted by Crippen LogP contribution is 2.27. The predicted molar refractivity (Wildman–Crippen MR) is 89.0 cm³/mol. The van der Waals surface area contributed by atoms with Gasteiger partial charge >= 0.3 is 0 Å². The lowest BCUT2D eigenvalue weighted by molar-refractivity contribution is -0.120. The Hall–Kier alpha value is -1.22. The highest BCUT2D eigenvalue weighted by molar-refractivity contribution is 6.33. The maximum absolute atomic E-state index is 12.1. The molecule has 1 amide bonds. The Labute approximate surface area is 132 Å². The summed E-state index contributed by atoms with van der Waals surface area (Å²) in [6.07, 6.45) is 7.25. The monoisotopic (exact) mass is 308 g/mol. The first-order valence-corrected chi connectivity index (χ1v) is 8.24. The van der Waals surface area contributed by atoms with Crippen LogP contribution in [0.3, 0.4) is 0 Å². The van der Waals surface area contributed by atoms with E-state index in [1.165, 1.54) is 25.7 Å². The van der Waals surface area contributed by atoms with Crippen molar-refractivity contribution in [1.29, 1.82) is 0 Å². The van der Waals surface area contributed by atoms with Crippen LogP contribution in [0.2, 0.25) is 5.02 Å². The molecule has 1 aromatic carbocycles. The molecule has 0 saturated heterocycles. The average molecular weight is 309 g/mol. The Balaban J connectivity index is 1.86. The van der Waals surface area contributed by atoms with E-state index in [0.717, 1.165) is 29.7 Å². The van der Waals surface area contributed by atoms with Crippen LogP contribution in [0.25, 0.3) is 0 Å². The number of aryl methyl sites for hydroxylation is 2. The zero-order chi connectivity index (χ0) is 15.2. The number of halogens is 1. The molecule has 0 heterocycles. The van der Waals surface area contributed by atoms with Crippen molar-refractivity contribution in [3.05, 3.63) is 28.3 Å². The Bertz CT molecular complexity index is 471. The van der Waals surface area contributed by atoms with Gasteiger partial charge in [-0.15, -0.1) is 0 Å². The zero-order valence-corrected chi connectivity index (χ0v) is 13.7. The third-order valence-electron chi connectivity index (χ3n) is 4.08. The minimum absolute atomic E-state index is 0.0536. The minimum atomic E-state index is 0.0536. The molecule has 0 bridgehead atoms. The van der Waals surface area contributed by atoms with Crippen LogP contribution < -0.4 is 10.6 Å². The molecule has 1 aromatic rings. The average Bonchev–Trinajstić information content (AvgIpc) is 2.66. The largest absolute Gasteiger partial charge is 0.375 e. The fourth-order valence-electron chi connectivity index (χ4n) is 3.01. The molecule has 116 valence electrons. The fourth-order valence-corrected chi connectivity index (χ4v) is 3.40. The lowest BCUT2D eigenvalue weighted by Gasteiger charge is -2.17. The van der Waals surface area contributed by atoms with Crippen molar-refractivity contribution < 1.29 is 4.79 Å². The van der Waals surface area contributed by atoms with Crippen LogP contribution in [0.4, 0.5) is 5.69 Å². The second-order valence-corrected chi connectivity index (χ2v) is 6.46. The van der Waals surface area contributed by atoms with E-state index in [9.17, 15) is 4.79 Å². The Kier molecular flexibility index (Phi) is 5.92. The molecule has 21 heavy (non-hydrogen) atoms. The number of nitrogens with one attached hydrogen (secondary N) is 2. The third-order valence-corrected chi connectivity index (χ3v) is 4.38. The number of carbonyl (C=O) groups is 1. The van der Waals surface area contributed by atoms with Gasteiger partial charge in [0.2, 0.25) is 5.91 Å². The van der Waals surface area contributed by atoms with Crippen LogP contribution in [0, 0.1) is 13.8 Å². The summed E-state index contributed by atoms with van der Waals surface area (Å²) in [7, 11) is 0. The van der Waals surface area contributed by atoms with Crippen molar-refractivity contribution in [3.63, 3.8) is 0 Å². The summed E-state index contributed by atoms with van der Waals surface area (Å²) in [4.78, 5) is 12.1. The number of carbonyl (C=O) groups excluding carboxylic acids is 1. The molecule has 1 aliphatic carbocycles. The van der Waals surface area contributed by atoms with Crippen LogP contribution >= 0.6 is 11.6 Å². The summed E-state index contributed by atoms with van der Waals surface area (Å²) in [6.45, 7) is 4.30. The van der Waals surface area contributed by atoms with Gasteiger partial charge in [0, 0.05) is 6.04 Å². The van der Waals surface area contributed by atoms with E-state index >= 15 is 0 Å². The zero-order valence-electron chi connectivity index (χ0n) is 13.0. The van der Waals surface area contributed by atoms with Crippen LogP contribution in [0.15, 0.2) is 12.1 Å². The molecule has 1 saturated carbocycles. The smallest absolute Gasteiger partial charge is 0.239 e. The van der Waals surface area contributed by atoms with E-state index in [1.54, 1.807) is 0 Å². The van der Waals surface area contributed by atoms with Crippen molar-refractivity contribution in [1.82, 2.24) is 5.32 Å². The first kappa shape index (κ1) is 16.2. The number of hydrogen-bond acceptors (Lipinski definition) is 2. The van der Waals surface area contributed by atoms with E-state index in [0.29, 0.717) is 11.1 Å². The van der Waals surface area contributed by atoms with Gasteiger partial charge in [0.15, 0.2) is 0 Å². The number of rotatable bonds is 4. The maximum atomic E-state index is 12.1. The molecule has 1 aliphatic rings. The molecule has 0 radical (unpaired) electrons. The second kappa shape index (κ2) is 7.69. The first-order chi connectivity index (χ1) is 10.1. The van der Waals surface area contributed by atoms with Gasteiger partial charge < -0.3 is 10.6 Å². The van der Waals surface area contributed by atoms with Crippen molar-refractivity contribution in [2.75, 3.05) is 11.9 Å². The van der Waals surface area contributed by atoms with Crippen LogP contribution in [0.1, 0.15) is 49.7 Å². The molecule has 0 aromatic heterocycles. The molecule has 0 spiro atoms. The van der Waals surface area contributed by atoms with E-state index in [-0.39, 0.29) is 12.5 Å². The van der Waals surface area contributed by atoms with Gasteiger partial charge in [-0.3, -0.25) is 4.79 Å². The third kappa shape index (κ3) is 4.92. The Morgan fingerprint density at radius 1 is 1.19 bits per heavy atom. The summed E-state index contributed by atoms with van der Waals surface area (Å²) >= 11 is 6.24. The normalized spacial score (nSPS) is 16.3. The summed E-state index contributed by atoms with van der Waals surface area (Å²) in [5.41, 5.74) is 3.06. The fraction of sp³-hybridized carbons (Fsp3) is 0.588. The predicted octanol–water partition coefficient (Wildman–Crippen LogP) is 4.21.